The number of aliphatic hydroxyl groups is 1. The molecule has 3 heteroatoms. The summed E-state index contributed by atoms with van der Waals surface area (Å²) in [7, 11) is 1.63. The number of hydrogen-bond acceptors (Lipinski definition) is 3. The lowest BCUT2D eigenvalue weighted by Gasteiger charge is -2.17. The fourth-order valence-electron chi connectivity index (χ4n) is 2.47. The van der Waals surface area contributed by atoms with Gasteiger partial charge in [0.1, 0.15) is 23.7 Å². The van der Waals surface area contributed by atoms with Crippen molar-refractivity contribution >= 4 is 0 Å². The van der Waals surface area contributed by atoms with Crippen molar-refractivity contribution < 1.29 is 14.6 Å². The Morgan fingerprint density at radius 1 is 1.00 bits per heavy atom. The van der Waals surface area contributed by atoms with Crippen molar-refractivity contribution in [1.29, 1.82) is 0 Å². The molecular weight excluding hydrogens is 240 g/mol. The van der Waals surface area contributed by atoms with Gasteiger partial charge in [0.25, 0.3) is 0 Å². The average molecular weight is 256 g/mol. The molecule has 2 aromatic rings. The highest BCUT2D eigenvalue weighted by Gasteiger charge is 2.32. The fraction of sp³-hybridized carbons (Fsp3) is 0.250. The topological polar surface area (TPSA) is 38.7 Å². The third kappa shape index (κ3) is 2.29. The lowest BCUT2D eigenvalue weighted by molar-refractivity contribution is 0.0493. The van der Waals surface area contributed by atoms with E-state index in [2.05, 4.69) is 0 Å². The summed E-state index contributed by atoms with van der Waals surface area (Å²) in [6.45, 7) is 0. The molecule has 0 heterocycles. The first kappa shape index (κ1) is 12.1. The predicted octanol–water partition coefficient (Wildman–Crippen LogP) is 2.73. The van der Waals surface area contributed by atoms with Crippen molar-refractivity contribution in [2.24, 2.45) is 0 Å². The zero-order valence-corrected chi connectivity index (χ0v) is 10.7. The summed E-state index contributed by atoms with van der Waals surface area (Å²) in [5, 5.41) is 10.3. The zero-order chi connectivity index (χ0) is 13.2. The lowest BCUT2D eigenvalue weighted by Crippen LogP contribution is -2.21. The van der Waals surface area contributed by atoms with Crippen LogP contribution in [0, 0.1) is 0 Å². The van der Waals surface area contributed by atoms with Gasteiger partial charge >= 0.3 is 0 Å². The highest BCUT2D eigenvalue weighted by Crippen LogP contribution is 2.34. The van der Waals surface area contributed by atoms with Crippen LogP contribution in [-0.4, -0.2) is 18.3 Å². The number of ether oxygens (including phenoxy) is 2. The van der Waals surface area contributed by atoms with E-state index in [0.29, 0.717) is 0 Å². The van der Waals surface area contributed by atoms with Crippen LogP contribution in [-0.2, 0) is 6.42 Å². The molecule has 3 rings (SSSR count). The van der Waals surface area contributed by atoms with Gasteiger partial charge in [0, 0.05) is 6.42 Å². The summed E-state index contributed by atoms with van der Waals surface area (Å²) in [6, 6.07) is 15.3. The Morgan fingerprint density at radius 2 is 1.68 bits per heavy atom. The summed E-state index contributed by atoms with van der Waals surface area (Å²) >= 11 is 0. The highest BCUT2D eigenvalue weighted by molar-refractivity contribution is 5.37. The van der Waals surface area contributed by atoms with E-state index < -0.39 is 6.10 Å². The molecule has 0 aliphatic heterocycles. The molecule has 3 nitrogen and oxygen atoms in total. The van der Waals surface area contributed by atoms with E-state index in [1.807, 2.05) is 48.5 Å². The highest BCUT2D eigenvalue weighted by atomic mass is 16.5. The van der Waals surface area contributed by atoms with Crippen molar-refractivity contribution in [1.82, 2.24) is 0 Å². The Balaban J connectivity index is 1.75. The Kier molecular flexibility index (Phi) is 3.13. The monoisotopic (exact) mass is 256 g/mol. The van der Waals surface area contributed by atoms with E-state index in [-0.39, 0.29) is 6.10 Å². The van der Waals surface area contributed by atoms with E-state index in [9.17, 15) is 5.11 Å². The van der Waals surface area contributed by atoms with Crippen LogP contribution in [0.1, 0.15) is 17.2 Å². The van der Waals surface area contributed by atoms with Gasteiger partial charge in [-0.25, -0.2) is 0 Å². The molecule has 98 valence electrons. The summed E-state index contributed by atoms with van der Waals surface area (Å²) in [4.78, 5) is 0. The van der Waals surface area contributed by atoms with E-state index in [1.165, 1.54) is 0 Å². The Labute approximate surface area is 112 Å². The molecule has 2 aromatic carbocycles. The molecule has 2 atom stereocenters. The number of rotatable bonds is 3. The molecule has 0 bridgehead atoms. The minimum atomic E-state index is -0.557. The molecule has 0 spiro atoms. The van der Waals surface area contributed by atoms with Crippen molar-refractivity contribution in [3.8, 4) is 11.5 Å². The summed E-state index contributed by atoms with van der Waals surface area (Å²) in [5.74, 6) is 1.54. The third-order valence-corrected chi connectivity index (χ3v) is 3.49. The molecule has 1 aliphatic rings. The SMILES string of the molecule is COc1ccc(OC2Cc3ccccc3C2O)cc1. The molecule has 0 saturated heterocycles. The van der Waals surface area contributed by atoms with Crippen molar-refractivity contribution in [3.05, 3.63) is 59.7 Å². The largest absolute Gasteiger partial charge is 0.497 e. The Hall–Kier alpha value is -2.00. The number of fused-ring (bicyclic) bond motifs is 1. The second kappa shape index (κ2) is 4.94. The molecular formula is C16H16O3. The van der Waals surface area contributed by atoms with Gasteiger partial charge < -0.3 is 14.6 Å². The smallest absolute Gasteiger partial charge is 0.133 e. The molecule has 0 amide bonds. The Bertz CT molecular complexity index is 562. The van der Waals surface area contributed by atoms with Gasteiger partial charge in [0.2, 0.25) is 0 Å². The first-order valence-corrected chi connectivity index (χ1v) is 6.34. The molecule has 0 saturated carbocycles. The number of benzene rings is 2. The average Bonchev–Trinajstić information content (AvgIpc) is 2.77. The van der Waals surface area contributed by atoms with E-state index in [1.54, 1.807) is 7.11 Å². The molecule has 1 aliphatic carbocycles. The minimum Gasteiger partial charge on any atom is -0.497 e. The fourth-order valence-corrected chi connectivity index (χ4v) is 2.47. The maximum Gasteiger partial charge on any atom is 0.133 e. The molecule has 0 fully saturated rings. The molecule has 19 heavy (non-hydrogen) atoms. The van der Waals surface area contributed by atoms with Gasteiger partial charge in [-0.1, -0.05) is 24.3 Å². The van der Waals surface area contributed by atoms with Gasteiger partial charge in [0.15, 0.2) is 0 Å². The molecule has 0 radical (unpaired) electrons. The van der Waals surface area contributed by atoms with Crippen LogP contribution < -0.4 is 9.47 Å². The quantitative estimate of drug-likeness (QED) is 0.917. The Morgan fingerprint density at radius 3 is 2.37 bits per heavy atom. The van der Waals surface area contributed by atoms with Crippen molar-refractivity contribution in [2.45, 2.75) is 18.6 Å². The summed E-state index contributed by atoms with van der Waals surface area (Å²) in [6.07, 6.45) is -0.0345. The minimum absolute atomic E-state index is 0.217. The van der Waals surface area contributed by atoms with Crippen molar-refractivity contribution in [3.63, 3.8) is 0 Å². The normalized spacial score (nSPS) is 20.9. The lowest BCUT2D eigenvalue weighted by atomic mass is 10.1. The number of hydrogen-bond donors (Lipinski definition) is 1. The van der Waals surface area contributed by atoms with Crippen LogP contribution in [0.2, 0.25) is 0 Å². The van der Waals surface area contributed by atoms with Gasteiger partial charge in [-0.2, -0.15) is 0 Å². The maximum atomic E-state index is 10.3. The first-order chi connectivity index (χ1) is 9.28. The standard InChI is InChI=1S/C16H16O3/c1-18-12-6-8-13(9-7-12)19-15-10-11-4-2-3-5-14(11)16(15)17/h2-9,15-17H,10H2,1H3. The van der Waals surface area contributed by atoms with Crippen LogP contribution in [0.25, 0.3) is 0 Å². The summed E-state index contributed by atoms with van der Waals surface area (Å²) in [5.41, 5.74) is 2.13. The third-order valence-electron chi connectivity index (χ3n) is 3.49. The van der Waals surface area contributed by atoms with E-state index in [0.717, 1.165) is 29.0 Å². The predicted molar refractivity (Wildman–Crippen MR) is 72.5 cm³/mol. The second-order valence-corrected chi connectivity index (χ2v) is 4.68. The zero-order valence-electron chi connectivity index (χ0n) is 10.7. The van der Waals surface area contributed by atoms with Crippen LogP contribution in [0.15, 0.2) is 48.5 Å². The molecule has 0 aromatic heterocycles. The van der Waals surface area contributed by atoms with Crippen molar-refractivity contribution in [2.75, 3.05) is 7.11 Å². The van der Waals surface area contributed by atoms with Crippen LogP contribution in [0.5, 0.6) is 11.5 Å². The summed E-state index contributed by atoms with van der Waals surface area (Å²) < 4.78 is 11.0. The first-order valence-electron chi connectivity index (χ1n) is 6.34. The molecule has 1 N–H and O–H groups in total. The molecule has 2 unspecified atom stereocenters. The number of methoxy groups -OCH3 is 1. The van der Waals surface area contributed by atoms with Gasteiger partial charge in [0.05, 0.1) is 7.11 Å². The van der Waals surface area contributed by atoms with Gasteiger partial charge in [-0.05, 0) is 35.4 Å². The maximum absolute atomic E-state index is 10.3. The van der Waals surface area contributed by atoms with E-state index >= 15 is 0 Å². The van der Waals surface area contributed by atoms with E-state index in [4.69, 9.17) is 9.47 Å². The number of aliphatic hydroxyl groups excluding tert-OH is 1. The van der Waals surface area contributed by atoms with Crippen LogP contribution >= 0.6 is 0 Å². The second-order valence-electron chi connectivity index (χ2n) is 4.68. The van der Waals surface area contributed by atoms with Gasteiger partial charge in [-0.3, -0.25) is 0 Å². The van der Waals surface area contributed by atoms with Crippen LogP contribution in [0.3, 0.4) is 0 Å². The van der Waals surface area contributed by atoms with Crippen LogP contribution in [0.4, 0.5) is 0 Å². The van der Waals surface area contributed by atoms with Gasteiger partial charge in [-0.15, -0.1) is 0 Å².